The maximum absolute atomic E-state index is 12.4. The number of thioether (sulfide) groups is 1. The summed E-state index contributed by atoms with van der Waals surface area (Å²) in [6.07, 6.45) is 0.941. The van der Waals surface area contributed by atoms with Crippen LogP contribution in [-0.4, -0.2) is 31.9 Å². The van der Waals surface area contributed by atoms with E-state index in [4.69, 9.17) is 0 Å². The number of imide groups is 1. The average Bonchev–Trinajstić information content (AvgIpc) is 2.80. The van der Waals surface area contributed by atoms with Gasteiger partial charge in [-0.2, -0.15) is 0 Å². The van der Waals surface area contributed by atoms with E-state index in [2.05, 4.69) is 16.9 Å². The second-order valence-electron chi connectivity index (χ2n) is 5.62. The highest BCUT2D eigenvalue weighted by Crippen LogP contribution is 2.24. The molecule has 1 N–H and O–H groups in total. The highest BCUT2D eigenvalue weighted by Gasteiger charge is 2.35. The average molecular weight is 343 g/mol. The van der Waals surface area contributed by atoms with Gasteiger partial charge in [-0.1, -0.05) is 37.7 Å². The molecule has 3 rings (SSSR count). The van der Waals surface area contributed by atoms with E-state index in [1.165, 1.54) is 17.8 Å². The minimum Gasteiger partial charge on any atom is -0.301 e. The van der Waals surface area contributed by atoms with Crippen LogP contribution in [0.3, 0.4) is 0 Å². The van der Waals surface area contributed by atoms with Gasteiger partial charge in [0, 0.05) is 11.3 Å². The number of fused-ring (bicyclic) bond motifs is 1. The third kappa shape index (κ3) is 3.12. The van der Waals surface area contributed by atoms with Crippen LogP contribution in [0.2, 0.25) is 0 Å². The monoisotopic (exact) mass is 343 g/mol. The predicted octanol–water partition coefficient (Wildman–Crippen LogP) is 2.46. The number of aromatic amines is 1. The molecule has 0 bridgehead atoms. The molecule has 0 fully saturated rings. The number of carbonyl (C=O) groups is 2. The van der Waals surface area contributed by atoms with E-state index in [1.54, 1.807) is 24.3 Å². The van der Waals surface area contributed by atoms with Crippen molar-refractivity contribution >= 4 is 23.6 Å². The summed E-state index contributed by atoms with van der Waals surface area (Å²) in [5, 5.41) is 0.811. The molecule has 2 heterocycles. The Morgan fingerprint density at radius 1 is 1.17 bits per heavy atom. The fourth-order valence-electron chi connectivity index (χ4n) is 2.44. The van der Waals surface area contributed by atoms with Gasteiger partial charge in [0.1, 0.15) is 0 Å². The van der Waals surface area contributed by atoms with Crippen molar-refractivity contribution in [2.75, 3.05) is 0 Å². The SMILES string of the molecule is CCC(C)Sc1nc(CN2C(=O)c3ccccc3C2=O)cc(=O)[nH]1. The predicted molar refractivity (Wildman–Crippen MR) is 91.1 cm³/mol. The molecule has 124 valence electrons. The molecule has 24 heavy (non-hydrogen) atoms. The molecule has 0 radical (unpaired) electrons. The van der Waals surface area contributed by atoms with Gasteiger partial charge in [0.05, 0.1) is 23.4 Å². The normalized spacial score (nSPS) is 14.8. The number of nitrogens with one attached hydrogen (secondary N) is 1. The highest BCUT2D eigenvalue weighted by atomic mass is 32.2. The van der Waals surface area contributed by atoms with E-state index in [1.807, 2.05) is 6.92 Å². The van der Waals surface area contributed by atoms with Crippen LogP contribution in [0.4, 0.5) is 0 Å². The Kier molecular flexibility index (Phi) is 4.53. The van der Waals surface area contributed by atoms with Gasteiger partial charge in [-0.3, -0.25) is 19.3 Å². The number of carbonyl (C=O) groups excluding carboxylic acids is 2. The van der Waals surface area contributed by atoms with Crippen LogP contribution in [0, 0.1) is 0 Å². The molecule has 6 nitrogen and oxygen atoms in total. The van der Waals surface area contributed by atoms with Gasteiger partial charge in [0.2, 0.25) is 0 Å². The van der Waals surface area contributed by atoms with Crippen molar-refractivity contribution in [2.24, 2.45) is 0 Å². The van der Waals surface area contributed by atoms with Crippen LogP contribution in [0.15, 0.2) is 40.3 Å². The maximum Gasteiger partial charge on any atom is 0.261 e. The van der Waals surface area contributed by atoms with Crippen LogP contribution >= 0.6 is 11.8 Å². The van der Waals surface area contributed by atoms with Gasteiger partial charge in [-0.05, 0) is 18.6 Å². The first-order valence-corrected chi connectivity index (χ1v) is 8.59. The Morgan fingerprint density at radius 3 is 2.38 bits per heavy atom. The molecule has 0 spiro atoms. The first kappa shape index (κ1) is 16.4. The summed E-state index contributed by atoms with van der Waals surface area (Å²) in [6, 6.07) is 8.03. The smallest absolute Gasteiger partial charge is 0.261 e. The second kappa shape index (κ2) is 6.60. The molecule has 0 aliphatic carbocycles. The summed E-state index contributed by atoms with van der Waals surface area (Å²) >= 11 is 1.46. The van der Waals surface area contributed by atoms with Gasteiger partial charge in [0.25, 0.3) is 17.4 Å². The highest BCUT2D eigenvalue weighted by molar-refractivity contribution is 7.99. The zero-order valence-corrected chi connectivity index (χ0v) is 14.2. The zero-order valence-electron chi connectivity index (χ0n) is 13.4. The Bertz CT molecular complexity index is 827. The molecule has 1 atom stereocenters. The lowest BCUT2D eigenvalue weighted by molar-refractivity contribution is 0.0640. The van der Waals surface area contributed by atoms with E-state index < -0.39 is 0 Å². The van der Waals surface area contributed by atoms with Gasteiger partial charge in [-0.25, -0.2) is 4.98 Å². The van der Waals surface area contributed by atoms with Crippen molar-refractivity contribution in [3.05, 3.63) is 57.5 Å². The topological polar surface area (TPSA) is 83.1 Å². The number of rotatable bonds is 5. The number of hydrogen-bond donors (Lipinski definition) is 1. The van der Waals surface area contributed by atoms with Crippen LogP contribution < -0.4 is 5.56 Å². The molecule has 2 amide bonds. The lowest BCUT2D eigenvalue weighted by Gasteiger charge is -2.14. The van der Waals surface area contributed by atoms with Gasteiger partial charge in [0.15, 0.2) is 5.16 Å². The molecule has 1 aromatic carbocycles. The number of amides is 2. The molecular formula is C17H17N3O3S. The minimum absolute atomic E-state index is 0.00959. The first-order chi connectivity index (χ1) is 11.5. The molecule has 1 unspecified atom stereocenters. The third-order valence-electron chi connectivity index (χ3n) is 3.86. The molecule has 1 aliphatic rings. The summed E-state index contributed by atoms with van der Waals surface area (Å²) in [7, 11) is 0. The molecule has 1 aromatic heterocycles. The lowest BCUT2D eigenvalue weighted by Crippen LogP contribution is -2.30. The minimum atomic E-state index is -0.353. The van der Waals surface area contributed by atoms with E-state index in [0.29, 0.717) is 27.2 Å². The molecule has 2 aromatic rings. The summed E-state index contributed by atoms with van der Waals surface area (Å²) in [5.41, 5.74) is 0.893. The fraction of sp³-hybridized carbons (Fsp3) is 0.294. The largest absolute Gasteiger partial charge is 0.301 e. The van der Waals surface area contributed by atoms with E-state index in [0.717, 1.165) is 11.3 Å². The maximum atomic E-state index is 12.4. The van der Waals surface area contributed by atoms with E-state index in [-0.39, 0.29) is 23.9 Å². The standard InChI is InChI=1S/C17H17N3O3S/c1-3-10(2)24-17-18-11(8-14(21)19-17)9-20-15(22)12-6-4-5-7-13(12)16(20)23/h4-8,10H,3,9H2,1-2H3,(H,18,19,21). The van der Waals surface area contributed by atoms with Crippen molar-refractivity contribution in [2.45, 2.75) is 37.2 Å². The number of benzene rings is 1. The van der Waals surface area contributed by atoms with Gasteiger partial charge >= 0.3 is 0 Å². The van der Waals surface area contributed by atoms with Crippen LogP contribution in [-0.2, 0) is 6.54 Å². The summed E-state index contributed by atoms with van der Waals surface area (Å²) in [6.45, 7) is 4.09. The van der Waals surface area contributed by atoms with E-state index >= 15 is 0 Å². The second-order valence-corrected chi connectivity index (χ2v) is 7.05. The fourth-order valence-corrected chi connectivity index (χ4v) is 3.32. The third-order valence-corrected chi connectivity index (χ3v) is 5.01. The number of nitrogens with zero attached hydrogens (tertiary/aromatic N) is 2. The summed E-state index contributed by atoms with van der Waals surface area (Å²) < 4.78 is 0. The molecule has 0 saturated heterocycles. The van der Waals surface area contributed by atoms with Crippen molar-refractivity contribution in [3.8, 4) is 0 Å². The van der Waals surface area contributed by atoms with Crippen molar-refractivity contribution in [1.29, 1.82) is 0 Å². The zero-order chi connectivity index (χ0) is 17.3. The van der Waals surface area contributed by atoms with Crippen LogP contribution in [0.5, 0.6) is 0 Å². The molecule has 1 aliphatic heterocycles. The lowest BCUT2D eigenvalue weighted by atomic mass is 10.1. The summed E-state index contributed by atoms with van der Waals surface area (Å²) in [4.78, 5) is 44.8. The first-order valence-electron chi connectivity index (χ1n) is 7.71. The van der Waals surface area contributed by atoms with Crippen molar-refractivity contribution < 1.29 is 9.59 Å². The number of aromatic nitrogens is 2. The Morgan fingerprint density at radius 2 is 1.79 bits per heavy atom. The van der Waals surface area contributed by atoms with Gasteiger partial charge in [-0.15, -0.1) is 0 Å². The van der Waals surface area contributed by atoms with E-state index in [9.17, 15) is 14.4 Å². The Labute approximate surface area is 143 Å². The van der Waals surface area contributed by atoms with Crippen molar-refractivity contribution in [3.63, 3.8) is 0 Å². The molecule has 7 heteroatoms. The quantitative estimate of drug-likeness (QED) is 0.512. The van der Waals surface area contributed by atoms with Crippen molar-refractivity contribution in [1.82, 2.24) is 14.9 Å². The molecule has 0 saturated carbocycles. The van der Waals surface area contributed by atoms with Gasteiger partial charge < -0.3 is 4.98 Å². The Balaban J connectivity index is 1.86. The summed E-state index contributed by atoms with van der Waals surface area (Å²) in [5.74, 6) is -0.706. The Hall–Kier alpha value is -2.41. The number of hydrogen-bond acceptors (Lipinski definition) is 5. The van der Waals surface area contributed by atoms with Crippen LogP contribution in [0.25, 0.3) is 0 Å². The number of H-pyrrole nitrogens is 1. The molecular weight excluding hydrogens is 326 g/mol. The van der Waals surface area contributed by atoms with Crippen LogP contribution in [0.1, 0.15) is 46.7 Å².